The lowest BCUT2D eigenvalue weighted by Gasteiger charge is -2.26. The van der Waals surface area contributed by atoms with E-state index in [-0.39, 0.29) is 0 Å². The van der Waals surface area contributed by atoms with E-state index in [0.717, 1.165) is 61.4 Å². The third-order valence-corrected chi connectivity index (χ3v) is 11.2. The highest BCUT2D eigenvalue weighted by Crippen LogP contribution is 2.45. The van der Waals surface area contributed by atoms with Crippen molar-refractivity contribution in [3.8, 4) is 39.1 Å². The van der Waals surface area contributed by atoms with Crippen molar-refractivity contribution in [3.05, 3.63) is 218 Å². The summed E-state index contributed by atoms with van der Waals surface area (Å²) >= 11 is 0. The van der Waals surface area contributed by atoms with Gasteiger partial charge >= 0.3 is 0 Å². The first-order chi connectivity index (χ1) is 28.3. The number of hydrogen-bond donors (Lipinski definition) is 0. The number of anilines is 3. The lowest BCUT2D eigenvalue weighted by molar-refractivity contribution is 0.670. The molecule has 0 radical (unpaired) electrons. The van der Waals surface area contributed by atoms with Crippen LogP contribution in [-0.4, -0.2) is 4.57 Å². The van der Waals surface area contributed by atoms with Crippen molar-refractivity contribution in [2.24, 2.45) is 0 Å². The Morgan fingerprint density at radius 2 is 0.772 bits per heavy atom. The Kier molecular flexibility index (Phi) is 7.82. The highest BCUT2D eigenvalue weighted by Gasteiger charge is 2.22. The van der Waals surface area contributed by atoms with E-state index in [1.54, 1.807) is 0 Å². The molecule has 57 heavy (non-hydrogen) atoms. The number of fused-ring (bicyclic) bond motifs is 6. The van der Waals surface area contributed by atoms with Crippen LogP contribution in [-0.2, 0) is 0 Å². The van der Waals surface area contributed by atoms with Gasteiger partial charge in [0.05, 0.1) is 22.4 Å². The first-order valence-corrected chi connectivity index (χ1v) is 19.4. The first-order valence-electron chi connectivity index (χ1n) is 19.4. The van der Waals surface area contributed by atoms with Gasteiger partial charge in [-0.05, 0) is 70.8 Å². The molecule has 0 amide bonds. The van der Waals surface area contributed by atoms with Gasteiger partial charge in [0.2, 0.25) is 0 Å². The number of rotatable bonds is 7. The van der Waals surface area contributed by atoms with Gasteiger partial charge in [-0.25, -0.2) is 0 Å². The fourth-order valence-electron chi connectivity index (χ4n) is 8.57. The monoisotopic (exact) mass is 728 g/mol. The van der Waals surface area contributed by atoms with Crippen LogP contribution in [0.25, 0.3) is 82.8 Å². The van der Waals surface area contributed by atoms with Gasteiger partial charge in [-0.1, -0.05) is 170 Å². The maximum atomic E-state index is 6.96. The fraction of sp³-hybridized carbons (Fsp3) is 0. The van der Waals surface area contributed by atoms with Crippen LogP contribution in [0, 0.1) is 0 Å². The number of aromatic nitrogens is 1. The van der Waals surface area contributed by atoms with Crippen molar-refractivity contribution < 1.29 is 4.42 Å². The molecule has 0 aliphatic heterocycles. The van der Waals surface area contributed by atoms with Gasteiger partial charge in [0.25, 0.3) is 0 Å². The molecule has 3 nitrogen and oxygen atoms in total. The standard InChI is InChI=1S/C54H36N2O/c1-3-15-37(16-4-1)38-29-33-41(34-30-38)55(52-28-14-24-48-47-23-13-22-44(53(47)57-54(48)52)39-17-5-2-6-18-39)42-35-31-40(32-36-42)43-19-7-10-25-49(43)56-50-26-11-8-20-45(50)46-21-9-12-27-51(46)56/h1-36H. The lowest BCUT2D eigenvalue weighted by Crippen LogP contribution is -2.10. The van der Waals surface area contributed by atoms with Crippen molar-refractivity contribution in [2.75, 3.05) is 4.90 Å². The van der Waals surface area contributed by atoms with E-state index in [0.29, 0.717) is 0 Å². The predicted octanol–water partition coefficient (Wildman–Crippen LogP) is 15.2. The van der Waals surface area contributed by atoms with E-state index in [9.17, 15) is 0 Å². The Hall–Kier alpha value is -7.62. The zero-order valence-corrected chi connectivity index (χ0v) is 31.1. The molecular formula is C54H36N2O. The van der Waals surface area contributed by atoms with E-state index < -0.39 is 0 Å². The van der Waals surface area contributed by atoms with Gasteiger partial charge in [-0.15, -0.1) is 0 Å². The highest BCUT2D eigenvalue weighted by atomic mass is 16.3. The molecular weight excluding hydrogens is 693 g/mol. The van der Waals surface area contributed by atoms with E-state index in [4.69, 9.17) is 4.42 Å². The van der Waals surface area contributed by atoms with Gasteiger partial charge in [0, 0.05) is 44.0 Å². The van der Waals surface area contributed by atoms with E-state index in [2.05, 4.69) is 228 Å². The van der Waals surface area contributed by atoms with E-state index in [1.807, 2.05) is 0 Å². The van der Waals surface area contributed by atoms with Crippen LogP contribution in [0.3, 0.4) is 0 Å². The molecule has 0 saturated heterocycles. The summed E-state index contributed by atoms with van der Waals surface area (Å²) in [5.74, 6) is 0. The van der Waals surface area contributed by atoms with Gasteiger partial charge in [0.15, 0.2) is 5.58 Å². The SMILES string of the molecule is c1ccc(-c2ccc(N(c3ccc(-c4ccccc4-n4c5ccccc5c5ccccc54)cc3)c3cccc4c3oc3c(-c5ccccc5)cccc34)cc2)cc1. The maximum absolute atomic E-state index is 6.96. The molecule has 0 aliphatic rings. The molecule has 0 fully saturated rings. The van der Waals surface area contributed by atoms with Crippen molar-refractivity contribution in [2.45, 2.75) is 0 Å². The summed E-state index contributed by atoms with van der Waals surface area (Å²) in [7, 11) is 0. The van der Waals surface area contributed by atoms with Crippen molar-refractivity contribution >= 4 is 60.8 Å². The van der Waals surface area contributed by atoms with Crippen LogP contribution in [0.15, 0.2) is 223 Å². The summed E-state index contributed by atoms with van der Waals surface area (Å²) in [6.45, 7) is 0. The molecule has 0 saturated carbocycles. The second kappa shape index (κ2) is 13.6. The third kappa shape index (κ3) is 5.51. The summed E-state index contributed by atoms with van der Waals surface area (Å²) in [6, 6.07) is 77.9. The molecule has 3 heteroatoms. The lowest BCUT2D eigenvalue weighted by atomic mass is 10.0. The molecule has 2 heterocycles. The Morgan fingerprint density at radius 3 is 1.44 bits per heavy atom. The second-order valence-electron chi connectivity index (χ2n) is 14.5. The Labute approximate surface area is 330 Å². The number of para-hydroxylation sites is 5. The van der Waals surface area contributed by atoms with Crippen molar-refractivity contribution in [1.82, 2.24) is 4.57 Å². The molecule has 0 aliphatic carbocycles. The zero-order chi connectivity index (χ0) is 37.7. The number of hydrogen-bond acceptors (Lipinski definition) is 2. The summed E-state index contributed by atoms with van der Waals surface area (Å²) in [6.07, 6.45) is 0. The molecule has 0 unspecified atom stereocenters. The van der Waals surface area contributed by atoms with Crippen molar-refractivity contribution in [1.29, 1.82) is 0 Å². The maximum Gasteiger partial charge on any atom is 0.159 e. The minimum absolute atomic E-state index is 0.851. The molecule has 11 aromatic rings. The van der Waals surface area contributed by atoms with Crippen LogP contribution in [0.4, 0.5) is 17.1 Å². The number of benzene rings is 9. The molecule has 2 aromatic heterocycles. The first kappa shape index (κ1) is 32.8. The molecule has 9 aromatic carbocycles. The minimum atomic E-state index is 0.851. The summed E-state index contributed by atoms with van der Waals surface area (Å²) in [5.41, 5.74) is 15.2. The summed E-state index contributed by atoms with van der Waals surface area (Å²) < 4.78 is 9.37. The molecule has 11 rings (SSSR count). The van der Waals surface area contributed by atoms with E-state index >= 15 is 0 Å². The number of furan rings is 1. The van der Waals surface area contributed by atoms with Gasteiger partial charge in [-0.3, -0.25) is 0 Å². The third-order valence-electron chi connectivity index (χ3n) is 11.2. The quantitative estimate of drug-likeness (QED) is 0.163. The van der Waals surface area contributed by atoms with Gasteiger partial charge in [-0.2, -0.15) is 0 Å². The average molecular weight is 729 g/mol. The average Bonchev–Trinajstić information content (AvgIpc) is 3.84. The Morgan fingerprint density at radius 1 is 0.316 bits per heavy atom. The predicted molar refractivity (Wildman–Crippen MR) is 239 cm³/mol. The van der Waals surface area contributed by atoms with E-state index in [1.165, 1.54) is 38.5 Å². The second-order valence-corrected chi connectivity index (χ2v) is 14.5. The topological polar surface area (TPSA) is 21.3 Å². The smallest absolute Gasteiger partial charge is 0.159 e. The van der Waals surface area contributed by atoms with Gasteiger partial charge in [0.1, 0.15) is 5.58 Å². The van der Waals surface area contributed by atoms with Crippen LogP contribution in [0.5, 0.6) is 0 Å². The molecule has 268 valence electrons. The normalized spacial score (nSPS) is 11.5. The molecule has 0 N–H and O–H groups in total. The molecule has 0 spiro atoms. The zero-order valence-electron chi connectivity index (χ0n) is 31.1. The van der Waals surface area contributed by atoms with Crippen LogP contribution in [0.2, 0.25) is 0 Å². The molecule has 0 bridgehead atoms. The summed E-state index contributed by atoms with van der Waals surface area (Å²) in [5, 5.41) is 4.69. The Balaban J connectivity index is 1.07. The van der Waals surface area contributed by atoms with Crippen molar-refractivity contribution in [3.63, 3.8) is 0 Å². The largest absolute Gasteiger partial charge is 0.453 e. The van der Waals surface area contributed by atoms with Gasteiger partial charge < -0.3 is 13.9 Å². The summed E-state index contributed by atoms with van der Waals surface area (Å²) in [4.78, 5) is 2.32. The minimum Gasteiger partial charge on any atom is -0.453 e. The Bertz CT molecular complexity index is 3160. The number of nitrogens with zero attached hydrogens (tertiary/aromatic N) is 2. The fourth-order valence-corrected chi connectivity index (χ4v) is 8.57. The van der Waals surface area contributed by atoms with Crippen LogP contribution >= 0.6 is 0 Å². The highest BCUT2D eigenvalue weighted by molar-refractivity contribution is 6.14. The van der Waals surface area contributed by atoms with Crippen LogP contribution < -0.4 is 4.90 Å². The van der Waals surface area contributed by atoms with Crippen LogP contribution in [0.1, 0.15) is 0 Å². The molecule has 0 atom stereocenters.